The van der Waals surface area contributed by atoms with Gasteiger partial charge in [-0.05, 0) is 31.0 Å². The number of halogens is 2. The molecule has 0 aliphatic rings. The lowest BCUT2D eigenvalue weighted by atomic mass is 9.96. The van der Waals surface area contributed by atoms with E-state index in [4.69, 9.17) is 17.3 Å². The van der Waals surface area contributed by atoms with Crippen molar-refractivity contribution in [3.63, 3.8) is 0 Å². The minimum atomic E-state index is -0.464. The van der Waals surface area contributed by atoms with E-state index in [1.54, 1.807) is 6.07 Å². The molecule has 0 bridgehead atoms. The predicted molar refractivity (Wildman–Crippen MR) is 58.3 cm³/mol. The second-order valence-electron chi connectivity index (χ2n) is 3.50. The van der Waals surface area contributed by atoms with Crippen molar-refractivity contribution in [2.45, 2.75) is 13.3 Å². The van der Waals surface area contributed by atoms with E-state index in [1.165, 1.54) is 19.1 Å². The summed E-state index contributed by atoms with van der Waals surface area (Å²) in [7, 11) is 0. The van der Waals surface area contributed by atoms with Crippen molar-refractivity contribution in [2.75, 3.05) is 6.54 Å². The van der Waals surface area contributed by atoms with Crippen LogP contribution in [0, 0.1) is 11.7 Å². The molecule has 2 N–H and O–H groups in total. The van der Waals surface area contributed by atoms with Crippen LogP contribution in [0.3, 0.4) is 0 Å². The molecule has 0 saturated carbocycles. The van der Waals surface area contributed by atoms with E-state index in [0.29, 0.717) is 6.42 Å². The number of hydrogen-bond donors (Lipinski definition) is 1. The normalized spacial score (nSPS) is 12.5. The highest BCUT2D eigenvalue weighted by molar-refractivity contribution is 6.30. The molecule has 0 radical (unpaired) electrons. The average molecular weight is 230 g/mol. The molecule has 0 saturated heterocycles. The molecule has 0 aliphatic heterocycles. The largest absolute Gasteiger partial charge is 0.330 e. The Morgan fingerprint density at radius 2 is 2.27 bits per heavy atom. The number of ketones is 1. The van der Waals surface area contributed by atoms with Gasteiger partial charge in [0, 0.05) is 12.5 Å². The number of nitrogens with two attached hydrogens (primary N) is 1. The highest BCUT2D eigenvalue weighted by Crippen LogP contribution is 2.17. The predicted octanol–water partition coefficient (Wildman–Crippen LogP) is 2.19. The summed E-state index contributed by atoms with van der Waals surface area (Å²) in [5.74, 6) is -0.688. The molecule has 0 heterocycles. The van der Waals surface area contributed by atoms with E-state index < -0.39 is 5.82 Å². The maximum Gasteiger partial charge on any atom is 0.142 e. The summed E-state index contributed by atoms with van der Waals surface area (Å²) in [6, 6.07) is 4.53. The van der Waals surface area contributed by atoms with Crippen molar-refractivity contribution < 1.29 is 9.18 Å². The summed E-state index contributed by atoms with van der Waals surface area (Å²) in [5.41, 5.74) is 6.19. The second kappa shape index (κ2) is 5.24. The summed E-state index contributed by atoms with van der Waals surface area (Å²) < 4.78 is 13.1. The smallest absolute Gasteiger partial charge is 0.142 e. The number of Topliss-reactive ketones (excluding diaryl/α,β-unsaturated/α-hetero) is 1. The summed E-state index contributed by atoms with van der Waals surface area (Å²) in [4.78, 5) is 11.1. The molecule has 4 heteroatoms. The molecule has 0 aromatic heterocycles. The first kappa shape index (κ1) is 12.1. The molecule has 82 valence electrons. The number of hydrogen-bond acceptors (Lipinski definition) is 2. The van der Waals surface area contributed by atoms with E-state index in [1.807, 2.05) is 0 Å². The molecular formula is C11H13ClFNO. The SMILES string of the molecule is CC(=O)C(CN)Cc1ccc(Cl)c(F)c1. The molecular weight excluding hydrogens is 217 g/mol. The van der Waals surface area contributed by atoms with Crippen LogP contribution in [0.15, 0.2) is 18.2 Å². The Morgan fingerprint density at radius 1 is 1.60 bits per heavy atom. The van der Waals surface area contributed by atoms with Gasteiger partial charge >= 0.3 is 0 Å². The summed E-state index contributed by atoms with van der Waals surface area (Å²) in [5, 5.41) is 0.0888. The lowest BCUT2D eigenvalue weighted by Gasteiger charge is -2.11. The van der Waals surface area contributed by atoms with Crippen molar-refractivity contribution in [3.05, 3.63) is 34.6 Å². The lowest BCUT2D eigenvalue weighted by Crippen LogP contribution is -2.23. The van der Waals surface area contributed by atoms with Gasteiger partial charge in [0.05, 0.1) is 5.02 Å². The van der Waals surface area contributed by atoms with Gasteiger partial charge in [-0.1, -0.05) is 17.7 Å². The van der Waals surface area contributed by atoms with Gasteiger partial charge in [0.25, 0.3) is 0 Å². The monoisotopic (exact) mass is 229 g/mol. The van der Waals surface area contributed by atoms with Crippen LogP contribution >= 0.6 is 11.6 Å². The van der Waals surface area contributed by atoms with Gasteiger partial charge in [-0.25, -0.2) is 4.39 Å². The van der Waals surface area contributed by atoms with E-state index in [2.05, 4.69) is 0 Å². The molecule has 2 nitrogen and oxygen atoms in total. The van der Waals surface area contributed by atoms with Gasteiger partial charge in [0.1, 0.15) is 11.6 Å². The van der Waals surface area contributed by atoms with Crippen LogP contribution in [0.5, 0.6) is 0 Å². The zero-order chi connectivity index (χ0) is 11.4. The Morgan fingerprint density at radius 3 is 2.73 bits per heavy atom. The van der Waals surface area contributed by atoms with Crippen molar-refractivity contribution in [1.82, 2.24) is 0 Å². The van der Waals surface area contributed by atoms with Gasteiger partial charge in [0.15, 0.2) is 0 Å². The molecule has 1 unspecified atom stereocenters. The first-order valence-corrected chi connectivity index (χ1v) is 5.07. The average Bonchev–Trinajstić information content (AvgIpc) is 2.19. The quantitative estimate of drug-likeness (QED) is 0.860. The second-order valence-corrected chi connectivity index (χ2v) is 3.90. The third-order valence-corrected chi connectivity index (χ3v) is 2.63. The molecule has 0 aliphatic carbocycles. The molecule has 0 fully saturated rings. The number of benzene rings is 1. The third kappa shape index (κ3) is 3.29. The van der Waals surface area contributed by atoms with Crippen molar-refractivity contribution in [3.8, 4) is 0 Å². The Labute approximate surface area is 93.2 Å². The maximum absolute atomic E-state index is 13.1. The van der Waals surface area contributed by atoms with Crippen LogP contribution < -0.4 is 5.73 Å². The van der Waals surface area contributed by atoms with Crippen LogP contribution in [0.25, 0.3) is 0 Å². The van der Waals surface area contributed by atoms with E-state index in [9.17, 15) is 9.18 Å². The summed E-state index contributed by atoms with van der Waals surface area (Å²) >= 11 is 5.55. The Balaban J connectivity index is 2.80. The molecule has 1 aromatic rings. The first-order chi connectivity index (χ1) is 7.04. The lowest BCUT2D eigenvalue weighted by molar-refractivity contribution is -0.120. The van der Waals surface area contributed by atoms with Crippen LogP contribution in [0.4, 0.5) is 4.39 Å². The number of rotatable bonds is 4. The highest BCUT2D eigenvalue weighted by atomic mass is 35.5. The Bertz CT molecular complexity index is 368. The maximum atomic E-state index is 13.1. The summed E-state index contributed by atoms with van der Waals surface area (Å²) in [6.07, 6.45) is 0.458. The fourth-order valence-electron chi connectivity index (χ4n) is 1.34. The van der Waals surface area contributed by atoms with Crippen molar-refractivity contribution >= 4 is 17.4 Å². The molecule has 1 rings (SSSR count). The molecule has 0 amide bonds. The molecule has 1 aromatic carbocycles. The first-order valence-electron chi connectivity index (χ1n) is 4.69. The number of carbonyl (C=O) groups excluding carboxylic acids is 1. The van der Waals surface area contributed by atoms with Gasteiger partial charge in [0.2, 0.25) is 0 Å². The highest BCUT2D eigenvalue weighted by Gasteiger charge is 2.13. The van der Waals surface area contributed by atoms with Crippen LogP contribution in [-0.2, 0) is 11.2 Å². The zero-order valence-electron chi connectivity index (χ0n) is 8.47. The molecule has 15 heavy (non-hydrogen) atoms. The molecule has 1 atom stereocenters. The van der Waals surface area contributed by atoms with Gasteiger partial charge in [-0.3, -0.25) is 4.79 Å². The van der Waals surface area contributed by atoms with Gasteiger partial charge < -0.3 is 5.73 Å². The minimum absolute atomic E-state index is 0.0212. The third-order valence-electron chi connectivity index (χ3n) is 2.33. The van der Waals surface area contributed by atoms with E-state index in [0.717, 1.165) is 5.56 Å². The zero-order valence-corrected chi connectivity index (χ0v) is 9.22. The summed E-state index contributed by atoms with van der Waals surface area (Å²) in [6.45, 7) is 1.77. The number of carbonyl (C=O) groups is 1. The van der Waals surface area contributed by atoms with Gasteiger partial charge in [-0.2, -0.15) is 0 Å². The van der Waals surface area contributed by atoms with Crippen LogP contribution in [0.1, 0.15) is 12.5 Å². The van der Waals surface area contributed by atoms with E-state index in [-0.39, 0.29) is 23.3 Å². The topological polar surface area (TPSA) is 43.1 Å². The fourth-order valence-corrected chi connectivity index (χ4v) is 1.46. The van der Waals surface area contributed by atoms with Gasteiger partial charge in [-0.15, -0.1) is 0 Å². The van der Waals surface area contributed by atoms with E-state index >= 15 is 0 Å². The Kier molecular flexibility index (Phi) is 4.24. The van der Waals surface area contributed by atoms with Crippen LogP contribution in [-0.4, -0.2) is 12.3 Å². The minimum Gasteiger partial charge on any atom is -0.330 e. The van der Waals surface area contributed by atoms with Crippen LogP contribution in [0.2, 0.25) is 5.02 Å². The fraction of sp³-hybridized carbons (Fsp3) is 0.364. The van der Waals surface area contributed by atoms with Crippen molar-refractivity contribution in [1.29, 1.82) is 0 Å². The van der Waals surface area contributed by atoms with Crippen molar-refractivity contribution in [2.24, 2.45) is 11.7 Å². The Hall–Kier alpha value is -0.930. The molecule has 0 spiro atoms. The standard InChI is InChI=1S/C11H13ClFNO/c1-7(15)9(6-14)4-8-2-3-10(12)11(13)5-8/h2-3,5,9H,4,6,14H2,1H3.